The Balaban J connectivity index is 1.66. The molecule has 30 heavy (non-hydrogen) atoms. The predicted octanol–water partition coefficient (Wildman–Crippen LogP) is 6.53. The number of fused-ring (bicyclic) bond motifs is 1. The van der Waals surface area contributed by atoms with Crippen LogP contribution < -0.4 is 14.9 Å². The largest absolute Gasteiger partial charge is 0.488 e. The lowest BCUT2D eigenvalue weighted by atomic mass is 10.1. The van der Waals surface area contributed by atoms with Gasteiger partial charge in [-0.05, 0) is 37.3 Å². The molecule has 4 nitrogen and oxygen atoms in total. The number of para-hydroxylation sites is 1. The van der Waals surface area contributed by atoms with Crippen molar-refractivity contribution in [1.29, 1.82) is 0 Å². The molecule has 6 heteroatoms. The second-order valence-electron chi connectivity index (χ2n) is 6.72. The number of aryl methyl sites for hydroxylation is 1. The highest BCUT2D eigenvalue weighted by Crippen LogP contribution is 2.32. The van der Waals surface area contributed by atoms with Crippen LogP contribution in [0.1, 0.15) is 5.56 Å². The average molecular weight is 441 g/mol. The maximum Gasteiger partial charge on any atom is 0.235 e. The van der Waals surface area contributed by atoms with Crippen molar-refractivity contribution < 1.29 is 13.9 Å². The zero-order valence-electron chi connectivity index (χ0n) is 16.2. The molecule has 3 aromatic carbocycles. The number of ether oxygens (including phenoxy) is 2. The molecule has 0 saturated heterocycles. The summed E-state index contributed by atoms with van der Waals surface area (Å²) >= 11 is 12.2. The first kappa shape index (κ1) is 20.3. The van der Waals surface area contributed by atoms with Gasteiger partial charge in [-0.15, -0.1) is 0 Å². The third-order valence-corrected chi connectivity index (χ3v) is 5.10. The highest BCUT2D eigenvalue weighted by Gasteiger charge is 2.18. The van der Waals surface area contributed by atoms with Crippen molar-refractivity contribution in [2.24, 2.45) is 0 Å². The van der Waals surface area contributed by atoms with E-state index >= 15 is 0 Å². The number of benzene rings is 3. The summed E-state index contributed by atoms with van der Waals surface area (Å²) in [4.78, 5) is 13.2. The zero-order valence-corrected chi connectivity index (χ0v) is 17.7. The minimum absolute atomic E-state index is 0.122. The molecular formula is C24H18Cl2O4. The fraction of sp³-hybridized carbons (Fsp3) is 0.125. The van der Waals surface area contributed by atoms with E-state index in [9.17, 15) is 4.79 Å². The van der Waals surface area contributed by atoms with Crippen LogP contribution in [0.3, 0.4) is 0 Å². The quantitative estimate of drug-likeness (QED) is 0.319. The summed E-state index contributed by atoms with van der Waals surface area (Å²) in [6.45, 7) is 2.34. The van der Waals surface area contributed by atoms with E-state index in [0.29, 0.717) is 32.5 Å². The Morgan fingerprint density at radius 2 is 1.63 bits per heavy atom. The first-order valence-electron chi connectivity index (χ1n) is 9.36. The van der Waals surface area contributed by atoms with Crippen molar-refractivity contribution >= 4 is 34.2 Å². The number of hydrogen-bond donors (Lipinski definition) is 0. The van der Waals surface area contributed by atoms with Gasteiger partial charge in [0.2, 0.25) is 11.2 Å². The lowest BCUT2D eigenvalue weighted by Gasteiger charge is -2.13. The van der Waals surface area contributed by atoms with E-state index in [2.05, 4.69) is 0 Å². The molecule has 0 radical (unpaired) electrons. The molecule has 152 valence electrons. The van der Waals surface area contributed by atoms with Crippen molar-refractivity contribution in [3.63, 3.8) is 0 Å². The highest BCUT2D eigenvalue weighted by atomic mass is 35.5. The molecule has 0 atom stereocenters. The van der Waals surface area contributed by atoms with Crippen molar-refractivity contribution in [2.45, 2.75) is 6.92 Å². The monoisotopic (exact) mass is 440 g/mol. The van der Waals surface area contributed by atoms with Crippen molar-refractivity contribution in [3.8, 4) is 22.8 Å². The fourth-order valence-corrected chi connectivity index (χ4v) is 3.40. The van der Waals surface area contributed by atoms with E-state index in [1.807, 2.05) is 43.3 Å². The maximum absolute atomic E-state index is 13.2. The van der Waals surface area contributed by atoms with Crippen LogP contribution in [0.15, 0.2) is 75.9 Å². The van der Waals surface area contributed by atoms with E-state index < -0.39 is 0 Å². The number of halogens is 2. The number of rotatable bonds is 6. The van der Waals surface area contributed by atoms with Gasteiger partial charge >= 0.3 is 0 Å². The van der Waals surface area contributed by atoms with Gasteiger partial charge in [-0.1, -0.05) is 65.2 Å². The summed E-state index contributed by atoms with van der Waals surface area (Å²) < 4.78 is 17.5. The zero-order chi connectivity index (χ0) is 21.1. The van der Waals surface area contributed by atoms with Crippen LogP contribution in [-0.2, 0) is 0 Å². The molecule has 1 heterocycles. The summed E-state index contributed by atoms with van der Waals surface area (Å²) in [5.41, 5.74) is 2.01. The molecule has 0 aliphatic carbocycles. The molecule has 0 bridgehead atoms. The van der Waals surface area contributed by atoms with Gasteiger partial charge in [-0.3, -0.25) is 4.79 Å². The molecule has 0 N–H and O–H groups in total. The Hall–Kier alpha value is -2.95. The van der Waals surface area contributed by atoms with E-state index in [0.717, 1.165) is 11.1 Å². The molecule has 4 rings (SSSR count). The first-order chi connectivity index (χ1) is 14.5. The van der Waals surface area contributed by atoms with Crippen LogP contribution in [0.25, 0.3) is 22.3 Å². The Morgan fingerprint density at radius 1 is 0.900 bits per heavy atom. The Labute approximate surface area is 183 Å². The summed E-state index contributed by atoms with van der Waals surface area (Å²) in [6.07, 6.45) is 0. The summed E-state index contributed by atoms with van der Waals surface area (Å²) in [6, 6.07) is 19.8. The van der Waals surface area contributed by atoms with Gasteiger partial charge in [0.05, 0.1) is 10.4 Å². The summed E-state index contributed by atoms with van der Waals surface area (Å²) in [5, 5.41) is 1.32. The van der Waals surface area contributed by atoms with Gasteiger partial charge in [0.25, 0.3) is 0 Å². The number of hydrogen-bond acceptors (Lipinski definition) is 4. The highest BCUT2D eigenvalue weighted by molar-refractivity contribution is 6.32. The second-order valence-corrected chi connectivity index (χ2v) is 7.57. The standard InChI is InChI=1S/C24H18Cl2O4/c1-15-6-8-16(9-7-15)23-24(22(27)18-14-17(25)10-11-20(18)30-23)29-13-12-28-21-5-3-2-4-19(21)26/h2-11,14H,12-13H2,1H3. The molecule has 0 saturated carbocycles. The van der Waals surface area contributed by atoms with E-state index in [1.165, 1.54) is 0 Å². The Morgan fingerprint density at radius 3 is 2.40 bits per heavy atom. The average Bonchev–Trinajstić information content (AvgIpc) is 2.74. The second kappa shape index (κ2) is 8.82. The van der Waals surface area contributed by atoms with Gasteiger partial charge < -0.3 is 13.9 Å². The molecule has 0 fully saturated rings. The van der Waals surface area contributed by atoms with Crippen LogP contribution in [0.2, 0.25) is 10.0 Å². The summed E-state index contributed by atoms with van der Waals surface area (Å²) in [7, 11) is 0. The third-order valence-electron chi connectivity index (χ3n) is 4.55. The van der Waals surface area contributed by atoms with Crippen molar-refractivity contribution in [1.82, 2.24) is 0 Å². The third kappa shape index (κ3) is 4.30. The van der Waals surface area contributed by atoms with Gasteiger partial charge in [0.15, 0.2) is 5.76 Å². The molecular weight excluding hydrogens is 423 g/mol. The molecule has 0 unspecified atom stereocenters. The van der Waals surface area contributed by atoms with Crippen LogP contribution in [0, 0.1) is 6.92 Å². The molecule has 4 aromatic rings. The van der Waals surface area contributed by atoms with Crippen LogP contribution in [0.4, 0.5) is 0 Å². The smallest absolute Gasteiger partial charge is 0.235 e. The minimum Gasteiger partial charge on any atom is -0.488 e. The van der Waals surface area contributed by atoms with Crippen molar-refractivity contribution in [3.05, 3.63) is 92.6 Å². The van der Waals surface area contributed by atoms with E-state index in [1.54, 1.807) is 30.3 Å². The molecule has 1 aromatic heterocycles. The SMILES string of the molecule is Cc1ccc(-c2oc3ccc(Cl)cc3c(=O)c2OCCOc2ccccc2Cl)cc1. The van der Waals surface area contributed by atoms with Gasteiger partial charge in [-0.25, -0.2) is 0 Å². The molecule has 0 aliphatic heterocycles. The van der Waals surface area contributed by atoms with E-state index in [4.69, 9.17) is 37.1 Å². The van der Waals surface area contributed by atoms with Crippen LogP contribution in [0.5, 0.6) is 11.5 Å². The van der Waals surface area contributed by atoms with Gasteiger partial charge in [-0.2, -0.15) is 0 Å². The normalized spacial score (nSPS) is 10.9. The maximum atomic E-state index is 13.2. The van der Waals surface area contributed by atoms with Crippen LogP contribution >= 0.6 is 23.2 Å². The molecule has 0 amide bonds. The molecule has 0 spiro atoms. The lowest BCUT2D eigenvalue weighted by molar-refractivity contribution is 0.214. The van der Waals surface area contributed by atoms with Gasteiger partial charge in [0.1, 0.15) is 24.5 Å². The van der Waals surface area contributed by atoms with Gasteiger partial charge in [0, 0.05) is 10.6 Å². The van der Waals surface area contributed by atoms with Crippen LogP contribution in [-0.4, -0.2) is 13.2 Å². The lowest BCUT2D eigenvalue weighted by Crippen LogP contribution is -2.15. The summed E-state index contributed by atoms with van der Waals surface area (Å²) in [5.74, 6) is 1.04. The van der Waals surface area contributed by atoms with E-state index in [-0.39, 0.29) is 24.4 Å². The fourth-order valence-electron chi connectivity index (χ4n) is 3.03. The minimum atomic E-state index is -0.285. The Bertz CT molecular complexity index is 1250. The topological polar surface area (TPSA) is 48.7 Å². The Kier molecular flexibility index (Phi) is 5.98. The predicted molar refractivity (Wildman–Crippen MR) is 120 cm³/mol. The first-order valence-corrected chi connectivity index (χ1v) is 10.1. The molecule has 0 aliphatic rings. The van der Waals surface area contributed by atoms with Crippen molar-refractivity contribution in [2.75, 3.05) is 13.2 Å².